The lowest BCUT2D eigenvalue weighted by molar-refractivity contribution is -0.384. The Morgan fingerprint density at radius 3 is 2.39 bits per heavy atom. The first-order valence-corrected chi connectivity index (χ1v) is 8.22. The average molecular weight is 388 g/mol. The minimum Gasteiger partial charge on any atom is -0.493 e. The maximum atomic E-state index is 12.3. The summed E-state index contributed by atoms with van der Waals surface area (Å²) in [6, 6.07) is 7.53. The summed E-state index contributed by atoms with van der Waals surface area (Å²) < 4.78 is 15.3. The van der Waals surface area contributed by atoms with Crippen molar-refractivity contribution < 1.29 is 28.7 Å². The van der Waals surface area contributed by atoms with Crippen LogP contribution in [0.3, 0.4) is 0 Å². The Labute approximate surface area is 161 Å². The van der Waals surface area contributed by atoms with Crippen LogP contribution in [-0.4, -0.2) is 37.6 Å². The molecule has 148 valence electrons. The second-order valence-electron chi connectivity index (χ2n) is 5.88. The number of benzene rings is 2. The van der Waals surface area contributed by atoms with Gasteiger partial charge in [-0.15, -0.1) is 0 Å². The molecule has 2 aromatic carbocycles. The van der Waals surface area contributed by atoms with Gasteiger partial charge in [0.2, 0.25) is 0 Å². The largest absolute Gasteiger partial charge is 0.493 e. The first kappa shape index (κ1) is 20.7. The zero-order chi connectivity index (χ0) is 20.8. The summed E-state index contributed by atoms with van der Waals surface area (Å²) in [4.78, 5) is 35.0. The van der Waals surface area contributed by atoms with Crippen LogP contribution in [0.25, 0.3) is 0 Å². The minimum absolute atomic E-state index is 0.0353. The van der Waals surface area contributed by atoms with Gasteiger partial charge in [0.15, 0.2) is 18.1 Å². The fourth-order valence-corrected chi connectivity index (χ4v) is 2.50. The molecule has 0 aliphatic rings. The Hall–Kier alpha value is -3.62. The number of carbonyl (C=O) groups is 2. The lowest BCUT2D eigenvalue weighted by atomic mass is 10.1. The van der Waals surface area contributed by atoms with Crippen molar-refractivity contribution in [1.82, 2.24) is 0 Å². The van der Waals surface area contributed by atoms with Gasteiger partial charge in [-0.05, 0) is 43.2 Å². The number of nitro benzene ring substituents is 1. The highest BCUT2D eigenvalue weighted by Crippen LogP contribution is 2.31. The van der Waals surface area contributed by atoms with Crippen LogP contribution in [-0.2, 0) is 9.53 Å². The fourth-order valence-electron chi connectivity index (χ4n) is 2.50. The van der Waals surface area contributed by atoms with Crippen molar-refractivity contribution in [1.29, 1.82) is 0 Å². The molecule has 0 fully saturated rings. The number of aryl methyl sites for hydroxylation is 2. The SMILES string of the molecule is COc1cccc(C(=O)OCC(=O)Nc2cc(C)c(C)cc2[N+](=O)[O-])c1OC. The van der Waals surface area contributed by atoms with Crippen LogP contribution in [0.5, 0.6) is 11.5 Å². The molecule has 0 aliphatic carbocycles. The molecule has 0 saturated carbocycles. The van der Waals surface area contributed by atoms with Gasteiger partial charge < -0.3 is 19.5 Å². The number of nitro groups is 1. The van der Waals surface area contributed by atoms with Gasteiger partial charge in [-0.2, -0.15) is 0 Å². The van der Waals surface area contributed by atoms with Gasteiger partial charge in [-0.3, -0.25) is 14.9 Å². The molecule has 0 unspecified atom stereocenters. The van der Waals surface area contributed by atoms with Gasteiger partial charge in [0, 0.05) is 6.07 Å². The number of hydrogen-bond donors (Lipinski definition) is 1. The second kappa shape index (κ2) is 8.85. The number of ether oxygens (including phenoxy) is 3. The Balaban J connectivity index is 2.11. The molecule has 9 heteroatoms. The van der Waals surface area contributed by atoms with E-state index in [0.29, 0.717) is 5.75 Å². The van der Waals surface area contributed by atoms with Gasteiger partial charge in [0.1, 0.15) is 11.3 Å². The average Bonchev–Trinajstić information content (AvgIpc) is 2.67. The summed E-state index contributed by atoms with van der Waals surface area (Å²) in [6.45, 7) is 2.88. The van der Waals surface area contributed by atoms with Crippen LogP contribution < -0.4 is 14.8 Å². The standard InChI is InChI=1S/C19H20N2O7/c1-11-8-14(15(21(24)25)9-12(11)2)20-17(22)10-28-19(23)13-6-5-7-16(26-3)18(13)27-4/h5-9H,10H2,1-4H3,(H,20,22). The molecule has 0 saturated heterocycles. The molecule has 0 radical (unpaired) electrons. The molecule has 9 nitrogen and oxygen atoms in total. The normalized spacial score (nSPS) is 10.1. The Morgan fingerprint density at radius 2 is 1.79 bits per heavy atom. The molecule has 28 heavy (non-hydrogen) atoms. The Kier molecular flexibility index (Phi) is 6.54. The lowest BCUT2D eigenvalue weighted by Gasteiger charge is -2.12. The summed E-state index contributed by atoms with van der Waals surface area (Å²) >= 11 is 0. The first-order chi connectivity index (χ1) is 13.3. The number of anilines is 1. The third kappa shape index (κ3) is 4.56. The van der Waals surface area contributed by atoms with Crippen molar-refractivity contribution in [3.05, 3.63) is 57.1 Å². The highest BCUT2D eigenvalue weighted by Gasteiger charge is 2.21. The van der Waals surface area contributed by atoms with Gasteiger partial charge in [0.25, 0.3) is 11.6 Å². The number of amides is 1. The predicted octanol–water partition coefficient (Wildman–Crippen LogP) is 3.02. The molecule has 1 amide bonds. The summed E-state index contributed by atoms with van der Waals surface area (Å²) in [7, 11) is 2.80. The van der Waals surface area contributed by atoms with Crippen molar-refractivity contribution in [2.24, 2.45) is 0 Å². The van der Waals surface area contributed by atoms with E-state index in [1.54, 1.807) is 26.0 Å². The van der Waals surface area contributed by atoms with Crippen molar-refractivity contribution in [3.63, 3.8) is 0 Å². The van der Waals surface area contributed by atoms with Crippen molar-refractivity contribution in [2.45, 2.75) is 13.8 Å². The molecule has 0 heterocycles. The number of rotatable bonds is 7. The van der Waals surface area contributed by atoms with Crippen molar-refractivity contribution in [3.8, 4) is 11.5 Å². The summed E-state index contributed by atoms with van der Waals surface area (Å²) in [5.74, 6) is -0.977. The highest BCUT2D eigenvalue weighted by molar-refractivity contribution is 5.98. The van der Waals surface area contributed by atoms with E-state index >= 15 is 0 Å². The van der Waals surface area contributed by atoms with Crippen LogP contribution in [0.2, 0.25) is 0 Å². The highest BCUT2D eigenvalue weighted by atomic mass is 16.6. The zero-order valence-corrected chi connectivity index (χ0v) is 15.9. The number of esters is 1. The zero-order valence-electron chi connectivity index (χ0n) is 15.9. The Bertz CT molecular complexity index is 925. The molecule has 0 spiro atoms. The molecular weight excluding hydrogens is 368 g/mol. The van der Waals surface area contributed by atoms with E-state index in [0.717, 1.165) is 11.1 Å². The van der Waals surface area contributed by atoms with Gasteiger partial charge in [-0.1, -0.05) is 6.07 Å². The number of para-hydroxylation sites is 1. The van der Waals surface area contributed by atoms with Crippen LogP contribution in [0.4, 0.5) is 11.4 Å². The third-order valence-corrected chi connectivity index (χ3v) is 4.04. The van der Waals surface area contributed by atoms with E-state index < -0.39 is 23.4 Å². The number of carbonyl (C=O) groups excluding carboxylic acids is 2. The van der Waals surface area contributed by atoms with E-state index in [-0.39, 0.29) is 22.7 Å². The van der Waals surface area contributed by atoms with E-state index in [1.807, 2.05) is 0 Å². The molecule has 0 atom stereocenters. The van der Waals surface area contributed by atoms with Gasteiger partial charge in [-0.25, -0.2) is 4.79 Å². The van der Waals surface area contributed by atoms with Crippen molar-refractivity contribution in [2.75, 3.05) is 26.1 Å². The smallest absolute Gasteiger partial charge is 0.342 e. The van der Waals surface area contributed by atoms with E-state index in [4.69, 9.17) is 14.2 Å². The monoisotopic (exact) mass is 388 g/mol. The maximum absolute atomic E-state index is 12.3. The molecule has 2 aromatic rings. The first-order valence-electron chi connectivity index (χ1n) is 8.22. The number of nitrogens with zero attached hydrogens (tertiary/aromatic N) is 1. The number of hydrogen-bond acceptors (Lipinski definition) is 7. The maximum Gasteiger partial charge on any atom is 0.342 e. The molecule has 0 aromatic heterocycles. The van der Waals surface area contributed by atoms with Crippen LogP contribution in [0.1, 0.15) is 21.5 Å². The van der Waals surface area contributed by atoms with Gasteiger partial charge >= 0.3 is 5.97 Å². The van der Waals surface area contributed by atoms with Crippen LogP contribution >= 0.6 is 0 Å². The topological polar surface area (TPSA) is 117 Å². The van der Waals surface area contributed by atoms with Crippen LogP contribution in [0.15, 0.2) is 30.3 Å². The second-order valence-corrected chi connectivity index (χ2v) is 5.88. The summed E-state index contributed by atoms with van der Waals surface area (Å²) in [5.41, 5.74) is 1.39. The number of methoxy groups -OCH3 is 2. The predicted molar refractivity (Wildman–Crippen MR) is 101 cm³/mol. The van der Waals surface area contributed by atoms with E-state index in [9.17, 15) is 19.7 Å². The molecule has 0 bridgehead atoms. The van der Waals surface area contributed by atoms with E-state index in [2.05, 4.69) is 5.32 Å². The van der Waals surface area contributed by atoms with Gasteiger partial charge in [0.05, 0.1) is 19.1 Å². The van der Waals surface area contributed by atoms with E-state index in [1.165, 1.54) is 32.4 Å². The molecular formula is C19H20N2O7. The summed E-state index contributed by atoms with van der Waals surface area (Å²) in [5, 5.41) is 13.6. The van der Waals surface area contributed by atoms with Crippen molar-refractivity contribution >= 4 is 23.3 Å². The van der Waals surface area contributed by atoms with Crippen LogP contribution in [0, 0.1) is 24.0 Å². The minimum atomic E-state index is -0.791. The number of nitrogens with one attached hydrogen (secondary N) is 1. The molecule has 0 aliphatic heterocycles. The lowest BCUT2D eigenvalue weighted by Crippen LogP contribution is -2.22. The fraction of sp³-hybridized carbons (Fsp3) is 0.263. The summed E-state index contributed by atoms with van der Waals surface area (Å²) in [6.07, 6.45) is 0. The quantitative estimate of drug-likeness (QED) is 0.440. The molecule has 1 N–H and O–H groups in total. The molecule has 2 rings (SSSR count). The Morgan fingerprint density at radius 1 is 1.11 bits per heavy atom. The third-order valence-electron chi connectivity index (χ3n) is 4.04.